The van der Waals surface area contributed by atoms with Crippen molar-refractivity contribution in [1.82, 2.24) is 10.6 Å². The summed E-state index contributed by atoms with van der Waals surface area (Å²) in [6.45, 7) is 8.14. The smallest absolute Gasteiger partial charge is 0.407 e. The molecule has 26 heavy (non-hydrogen) atoms. The third kappa shape index (κ3) is 8.67. The van der Waals surface area contributed by atoms with Gasteiger partial charge in [-0.15, -0.1) is 0 Å². The number of amides is 2. The van der Waals surface area contributed by atoms with Gasteiger partial charge >= 0.3 is 12.2 Å². The van der Waals surface area contributed by atoms with E-state index < -0.39 is 25.2 Å². The summed E-state index contributed by atoms with van der Waals surface area (Å²) in [5, 5.41) is 5.48. The summed E-state index contributed by atoms with van der Waals surface area (Å²) in [5.41, 5.74) is -0.312. The van der Waals surface area contributed by atoms with E-state index in [1.807, 2.05) is 13.8 Å². The van der Waals surface area contributed by atoms with E-state index in [-0.39, 0.29) is 16.9 Å². The van der Waals surface area contributed by atoms with Gasteiger partial charge in [0, 0.05) is 12.6 Å². The number of hydrogen-bond donors (Lipinski definition) is 2. The van der Waals surface area contributed by atoms with Crippen LogP contribution in [0.4, 0.5) is 18.4 Å². The van der Waals surface area contributed by atoms with Crippen LogP contribution >= 0.6 is 0 Å². The largest absolute Gasteiger partial charge is 0.450 e. The SMILES string of the molecule is CCCCOC(=O)NCC1(C)CC(NC(=O)OCC(F)F)CC(C)(C)C1. The fourth-order valence-corrected chi connectivity index (χ4v) is 3.86. The van der Waals surface area contributed by atoms with Gasteiger partial charge in [0.15, 0.2) is 6.61 Å². The van der Waals surface area contributed by atoms with Crippen molar-refractivity contribution < 1.29 is 27.8 Å². The average molecular weight is 378 g/mol. The van der Waals surface area contributed by atoms with Crippen molar-refractivity contribution in [2.45, 2.75) is 72.3 Å². The van der Waals surface area contributed by atoms with Crippen LogP contribution in [0.1, 0.15) is 59.8 Å². The summed E-state index contributed by atoms with van der Waals surface area (Å²) >= 11 is 0. The third-order valence-corrected chi connectivity index (χ3v) is 4.50. The van der Waals surface area contributed by atoms with Crippen LogP contribution in [0.5, 0.6) is 0 Å². The second kappa shape index (κ2) is 9.92. The molecule has 1 fully saturated rings. The Morgan fingerprint density at radius 2 is 1.85 bits per heavy atom. The van der Waals surface area contributed by atoms with E-state index in [9.17, 15) is 18.4 Å². The molecule has 1 rings (SSSR count). The minimum absolute atomic E-state index is 0.0680. The Labute approximate surface area is 154 Å². The lowest BCUT2D eigenvalue weighted by atomic mass is 9.62. The van der Waals surface area contributed by atoms with Gasteiger partial charge in [0.2, 0.25) is 0 Å². The van der Waals surface area contributed by atoms with Crippen molar-refractivity contribution in [3.8, 4) is 0 Å². The second-order valence-corrected chi connectivity index (χ2v) is 8.23. The van der Waals surface area contributed by atoms with E-state index in [0.29, 0.717) is 26.0 Å². The number of hydrogen-bond acceptors (Lipinski definition) is 4. The fourth-order valence-electron chi connectivity index (χ4n) is 3.86. The zero-order valence-electron chi connectivity index (χ0n) is 16.2. The predicted molar refractivity (Wildman–Crippen MR) is 94.3 cm³/mol. The average Bonchev–Trinajstić information content (AvgIpc) is 2.49. The molecule has 1 saturated carbocycles. The summed E-state index contributed by atoms with van der Waals surface area (Å²) in [5.74, 6) is 0. The number of carbonyl (C=O) groups is 2. The van der Waals surface area contributed by atoms with Gasteiger partial charge in [0.25, 0.3) is 6.43 Å². The van der Waals surface area contributed by atoms with Crippen LogP contribution in [-0.2, 0) is 9.47 Å². The fraction of sp³-hybridized carbons (Fsp3) is 0.889. The van der Waals surface area contributed by atoms with Crippen LogP contribution in [0.3, 0.4) is 0 Å². The molecule has 2 N–H and O–H groups in total. The molecule has 0 aromatic carbocycles. The Morgan fingerprint density at radius 1 is 1.15 bits per heavy atom. The van der Waals surface area contributed by atoms with E-state index in [4.69, 9.17) is 4.74 Å². The Morgan fingerprint density at radius 3 is 2.46 bits per heavy atom. The van der Waals surface area contributed by atoms with Gasteiger partial charge in [-0.2, -0.15) is 0 Å². The van der Waals surface area contributed by atoms with E-state index in [0.717, 1.165) is 19.3 Å². The van der Waals surface area contributed by atoms with Gasteiger partial charge in [-0.1, -0.05) is 34.1 Å². The van der Waals surface area contributed by atoms with Gasteiger partial charge < -0.3 is 20.1 Å². The lowest BCUT2D eigenvalue weighted by Gasteiger charge is -2.46. The molecule has 6 nitrogen and oxygen atoms in total. The highest BCUT2D eigenvalue weighted by atomic mass is 19.3. The van der Waals surface area contributed by atoms with E-state index in [1.54, 1.807) is 0 Å². The summed E-state index contributed by atoms with van der Waals surface area (Å²) < 4.78 is 33.9. The molecule has 152 valence electrons. The molecular weight excluding hydrogens is 346 g/mol. The second-order valence-electron chi connectivity index (χ2n) is 8.23. The Balaban J connectivity index is 2.56. The van der Waals surface area contributed by atoms with Crippen molar-refractivity contribution in [2.75, 3.05) is 19.8 Å². The molecule has 2 unspecified atom stereocenters. The van der Waals surface area contributed by atoms with Crippen molar-refractivity contribution in [3.05, 3.63) is 0 Å². The van der Waals surface area contributed by atoms with Crippen molar-refractivity contribution in [3.63, 3.8) is 0 Å². The molecule has 1 aliphatic carbocycles. The van der Waals surface area contributed by atoms with Crippen molar-refractivity contribution >= 4 is 12.2 Å². The number of carbonyl (C=O) groups excluding carboxylic acids is 2. The molecule has 2 amide bonds. The number of rotatable bonds is 8. The van der Waals surface area contributed by atoms with E-state index in [2.05, 4.69) is 29.2 Å². The highest BCUT2D eigenvalue weighted by Crippen LogP contribution is 2.45. The van der Waals surface area contributed by atoms with E-state index >= 15 is 0 Å². The number of halogens is 2. The molecule has 0 aliphatic heterocycles. The van der Waals surface area contributed by atoms with Gasteiger partial charge in [-0.3, -0.25) is 0 Å². The first kappa shape index (κ1) is 22.4. The van der Waals surface area contributed by atoms with Crippen LogP contribution in [-0.4, -0.2) is 44.4 Å². The highest BCUT2D eigenvalue weighted by Gasteiger charge is 2.42. The van der Waals surface area contributed by atoms with Crippen LogP contribution < -0.4 is 10.6 Å². The van der Waals surface area contributed by atoms with Crippen LogP contribution in [0.2, 0.25) is 0 Å². The number of nitrogens with one attached hydrogen (secondary N) is 2. The Bertz CT molecular complexity index is 474. The number of alkyl halides is 2. The third-order valence-electron chi connectivity index (χ3n) is 4.50. The lowest BCUT2D eigenvalue weighted by Crippen LogP contribution is -2.50. The molecule has 0 spiro atoms. The number of alkyl carbamates (subject to hydrolysis) is 2. The Kier molecular flexibility index (Phi) is 8.56. The minimum Gasteiger partial charge on any atom is -0.450 e. The number of unbranched alkanes of at least 4 members (excludes halogenated alkanes) is 1. The number of ether oxygens (including phenoxy) is 2. The molecule has 2 atom stereocenters. The first-order valence-electron chi connectivity index (χ1n) is 9.17. The summed E-state index contributed by atoms with van der Waals surface area (Å²) in [6, 6.07) is -0.202. The highest BCUT2D eigenvalue weighted by molar-refractivity contribution is 5.68. The van der Waals surface area contributed by atoms with Gasteiger partial charge in [0.05, 0.1) is 6.61 Å². The predicted octanol–water partition coefficient (Wildman–Crippen LogP) is 4.09. The van der Waals surface area contributed by atoms with Crippen molar-refractivity contribution in [2.24, 2.45) is 10.8 Å². The zero-order chi connectivity index (χ0) is 19.8. The molecule has 0 aromatic heterocycles. The van der Waals surface area contributed by atoms with Gasteiger partial charge in [0.1, 0.15) is 0 Å². The maximum atomic E-state index is 12.2. The molecule has 8 heteroatoms. The molecule has 0 aromatic rings. The first-order chi connectivity index (χ1) is 12.1. The maximum absolute atomic E-state index is 12.2. The molecule has 0 heterocycles. The maximum Gasteiger partial charge on any atom is 0.407 e. The quantitative estimate of drug-likeness (QED) is 0.624. The van der Waals surface area contributed by atoms with Crippen LogP contribution in [0.15, 0.2) is 0 Å². The zero-order valence-corrected chi connectivity index (χ0v) is 16.2. The topological polar surface area (TPSA) is 76.7 Å². The molecule has 0 radical (unpaired) electrons. The molecule has 0 bridgehead atoms. The standard InChI is InChI=1S/C18H32F2N2O4/c1-5-6-7-25-15(23)21-12-18(4)9-13(8-17(2,3)11-18)22-16(24)26-10-14(19)20/h13-14H,5-12H2,1-4H3,(H,21,23)(H,22,24). The summed E-state index contributed by atoms with van der Waals surface area (Å²) in [6.07, 6.45) is 0.0175. The molecule has 0 saturated heterocycles. The molecule has 1 aliphatic rings. The monoisotopic (exact) mass is 378 g/mol. The molecular formula is C18H32F2N2O4. The Hall–Kier alpha value is -1.60. The minimum atomic E-state index is -2.68. The normalized spacial score (nSPS) is 24.8. The van der Waals surface area contributed by atoms with Gasteiger partial charge in [-0.25, -0.2) is 18.4 Å². The summed E-state index contributed by atoms with van der Waals surface area (Å²) in [4.78, 5) is 23.5. The van der Waals surface area contributed by atoms with Crippen LogP contribution in [0.25, 0.3) is 0 Å². The first-order valence-corrected chi connectivity index (χ1v) is 9.17. The van der Waals surface area contributed by atoms with Crippen molar-refractivity contribution in [1.29, 1.82) is 0 Å². The van der Waals surface area contributed by atoms with E-state index in [1.165, 1.54) is 0 Å². The summed E-state index contributed by atoms with van der Waals surface area (Å²) in [7, 11) is 0. The lowest BCUT2D eigenvalue weighted by molar-refractivity contribution is 0.0368. The van der Waals surface area contributed by atoms with Gasteiger partial charge in [-0.05, 0) is 36.5 Å². The van der Waals surface area contributed by atoms with Crippen LogP contribution in [0, 0.1) is 10.8 Å².